The van der Waals surface area contributed by atoms with Gasteiger partial charge in [-0.05, 0) is 6.42 Å². The van der Waals surface area contributed by atoms with Crippen molar-refractivity contribution in [3.05, 3.63) is 12.4 Å². The smallest absolute Gasteiger partial charge is 0.134 e. The van der Waals surface area contributed by atoms with Crippen LogP contribution < -0.4 is 16.4 Å². The number of hydrogen-bond donors (Lipinski definition) is 2. The Morgan fingerprint density at radius 1 is 1.56 bits per heavy atom. The molecule has 0 aromatic carbocycles. The summed E-state index contributed by atoms with van der Waals surface area (Å²) in [7, 11) is 1.72. The van der Waals surface area contributed by atoms with Crippen LogP contribution in [-0.4, -0.2) is 42.3 Å². The van der Waals surface area contributed by atoms with Gasteiger partial charge in [0.25, 0.3) is 0 Å². The van der Waals surface area contributed by atoms with Gasteiger partial charge in [0.15, 0.2) is 0 Å². The summed E-state index contributed by atoms with van der Waals surface area (Å²) in [6, 6.07) is 2.03. The molecule has 2 heterocycles. The zero-order valence-corrected chi connectivity index (χ0v) is 9.34. The van der Waals surface area contributed by atoms with Crippen molar-refractivity contribution in [1.29, 1.82) is 0 Å². The van der Waals surface area contributed by atoms with Crippen LogP contribution in [0, 0.1) is 0 Å². The molecule has 0 aliphatic carbocycles. The van der Waals surface area contributed by atoms with Gasteiger partial charge >= 0.3 is 0 Å². The van der Waals surface area contributed by atoms with E-state index in [1.165, 1.54) is 6.33 Å². The summed E-state index contributed by atoms with van der Waals surface area (Å²) in [6.45, 7) is 1.39. The first kappa shape index (κ1) is 11.1. The third-order valence-electron chi connectivity index (χ3n) is 2.95. The highest BCUT2D eigenvalue weighted by atomic mass is 16.5. The number of hydrogen-bond acceptors (Lipinski definition) is 6. The Bertz CT molecular complexity index is 359. The van der Waals surface area contributed by atoms with Crippen LogP contribution in [0.15, 0.2) is 12.4 Å². The van der Waals surface area contributed by atoms with Crippen molar-refractivity contribution < 1.29 is 4.74 Å². The summed E-state index contributed by atoms with van der Waals surface area (Å²) >= 11 is 0. The molecule has 0 amide bonds. The molecule has 0 radical (unpaired) electrons. The Morgan fingerprint density at radius 2 is 2.38 bits per heavy atom. The van der Waals surface area contributed by atoms with Crippen LogP contribution in [0.2, 0.25) is 0 Å². The second-order valence-corrected chi connectivity index (χ2v) is 3.94. The van der Waals surface area contributed by atoms with E-state index in [-0.39, 0.29) is 12.1 Å². The number of methoxy groups -OCH3 is 1. The highest BCUT2D eigenvalue weighted by molar-refractivity contribution is 5.48. The third-order valence-corrected chi connectivity index (χ3v) is 2.95. The van der Waals surface area contributed by atoms with Gasteiger partial charge in [-0.3, -0.25) is 0 Å². The van der Waals surface area contributed by atoms with Gasteiger partial charge in [-0.25, -0.2) is 9.97 Å². The van der Waals surface area contributed by atoms with Gasteiger partial charge in [0.2, 0.25) is 0 Å². The fourth-order valence-corrected chi connectivity index (χ4v) is 2.07. The summed E-state index contributed by atoms with van der Waals surface area (Å²) in [5.74, 6) is 1.30. The van der Waals surface area contributed by atoms with Gasteiger partial charge in [-0.1, -0.05) is 0 Å². The van der Waals surface area contributed by atoms with Gasteiger partial charge < -0.3 is 21.1 Å². The Balaban J connectivity index is 2.19. The molecule has 2 rings (SSSR count). The fourth-order valence-electron chi connectivity index (χ4n) is 2.07. The van der Waals surface area contributed by atoms with Crippen molar-refractivity contribution in [2.45, 2.75) is 18.6 Å². The van der Waals surface area contributed by atoms with E-state index < -0.39 is 0 Å². The molecule has 1 aliphatic heterocycles. The molecule has 6 nitrogen and oxygen atoms in total. The maximum atomic E-state index is 5.74. The molecule has 1 aromatic heterocycles. The zero-order valence-electron chi connectivity index (χ0n) is 9.34. The lowest BCUT2D eigenvalue weighted by atomic mass is 10.2. The van der Waals surface area contributed by atoms with Gasteiger partial charge in [0.1, 0.15) is 18.0 Å². The second kappa shape index (κ2) is 4.63. The Kier molecular flexibility index (Phi) is 3.21. The first-order chi connectivity index (χ1) is 7.74. The van der Waals surface area contributed by atoms with Crippen LogP contribution in [0.1, 0.15) is 6.42 Å². The lowest BCUT2D eigenvalue weighted by Crippen LogP contribution is -2.36. The van der Waals surface area contributed by atoms with Gasteiger partial charge in [0, 0.05) is 32.3 Å². The largest absolute Gasteiger partial charge is 0.384 e. The molecular weight excluding hydrogens is 206 g/mol. The lowest BCUT2D eigenvalue weighted by Gasteiger charge is -2.23. The summed E-state index contributed by atoms with van der Waals surface area (Å²) in [6.07, 6.45) is 2.61. The molecule has 1 aliphatic rings. The predicted molar refractivity (Wildman–Crippen MR) is 62.0 cm³/mol. The number of ether oxygens (including phenoxy) is 1. The molecule has 88 valence electrons. The summed E-state index contributed by atoms with van der Waals surface area (Å²) in [4.78, 5) is 10.2. The molecule has 2 atom stereocenters. The Hall–Kier alpha value is -1.40. The van der Waals surface area contributed by atoms with Crippen LogP contribution in [0.3, 0.4) is 0 Å². The topological polar surface area (TPSA) is 90.3 Å². The van der Waals surface area contributed by atoms with Crippen molar-refractivity contribution >= 4 is 11.6 Å². The lowest BCUT2D eigenvalue weighted by molar-refractivity contribution is 0.118. The second-order valence-electron chi connectivity index (χ2n) is 3.94. The van der Waals surface area contributed by atoms with Crippen molar-refractivity contribution in [3.63, 3.8) is 0 Å². The quantitative estimate of drug-likeness (QED) is 0.725. The number of nitrogens with zero attached hydrogens (tertiary/aromatic N) is 3. The van der Waals surface area contributed by atoms with Crippen molar-refractivity contribution in [2.75, 3.05) is 30.8 Å². The van der Waals surface area contributed by atoms with Crippen LogP contribution >= 0.6 is 0 Å². The zero-order chi connectivity index (χ0) is 11.5. The van der Waals surface area contributed by atoms with Gasteiger partial charge in [-0.15, -0.1) is 0 Å². The monoisotopic (exact) mass is 223 g/mol. The van der Waals surface area contributed by atoms with Gasteiger partial charge in [-0.2, -0.15) is 0 Å². The predicted octanol–water partition coefficient (Wildman–Crippen LogP) is -0.389. The number of aromatic nitrogens is 2. The third kappa shape index (κ3) is 2.07. The molecular formula is C10H17N5O. The highest BCUT2D eigenvalue weighted by Gasteiger charge is 2.32. The SMILES string of the molecule is CO[C@@H]1C[C@H](CN)N(c2cc(N)ncn2)C1. The van der Waals surface area contributed by atoms with E-state index in [2.05, 4.69) is 14.9 Å². The summed E-state index contributed by atoms with van der Waals surface area (Å²) in [5.41, 5.74) is 11.4. The number of nitrogen functional groups attached to an aromatic ring is 1. The van der Waals surface area contributed by atoms with Crippen molar-refractivity contribution in [1.82, 2.24) is 9.97 Å². The molecule has 1 fully saturated rings. The molecule has 1 saturated heterocycles. The molecule has 0 bridgehead atoms. The van der Waals surface area contributed by atoms with E-state index >= 15 is 0 Å². The van der Waals surface area contributed by atoms with Crippen LogP contribution in [-0.2, 0) is 4.74 Å². The molecule has 0 spiro atoms. The number of rotatable bonds is 3. The molecule has 4 N–H and O–H groups in total. The fraction of sp³-hybridized carbons (Fsp3) is 0.600. The maximum Gasteiger partial charge on any atom is 0.134 e. The molecule has 1 aromatic rings. The van der Waals surface area contributed by atoms with Crippen molar-refractivity contribution in [2.24, 2.45) is 5.73 Å². The van der Waals surface area contributed by atoms with E-state index in [9.17, 15) is 0 Å². The average Bonchev–Trinajstić information content (AvgIpc) is 2.72. The minimum atomic E-state index is 0.213. The highest BCUT2D eigenvalue weighted by Crippen LogP contribution is 2.25. The van der Waals surface area contributed by atoms with Crippen LogP contribution in [0.25, 0.3) is 0 Å². The number of nitrogens with two attached hydrogens (primary N) is 2. The normalized spacial score (nSPS) is 25.0. The number of anilines is 2. The first-order valence-corrected chi connectivity index (χ1v) is 5.31. The van der Waals surface area contributed by atoms with Crippen molar-refractivity contribution in [3.8, 4) is 0 Å². The molecule has 0 unspecified atom stereocenters. The average molecular weight is 223 g/mol. The first-order valence-electron chi connectivity index (χ1n) is 5.31. The van der Waals surface area contributed by atoms with Crippen LogP contribution in [0.5, 0.6) is 0 Å². The van der Waals surface area contributed by atoms with E-state index in [0.29, 0.717) is 12.4 Å². The summed E-state index contributed by atoms with van der Waals surface area (Å²) in [5, 5.41) is 0. The van der Waals surface area contributed by atoms with Gasteiger partial charge in [0.05, 0.1) is 6.10 Å². The minimum absolute atomic E-state index is 0.213. The molecule has 0 saturated carbocycles. The van der Waals surface area contributed by atoms with E-state index in [1.807, 2.05) is 0 Å². The summed E-state index contributed by atoms with van der Waals surface area (Å²) < 4.78 is 5.35. The van der Waals surface area contributed by atoms with E-state index in [0.717, 1.165) is 18.8 Å². The van der Waals surface area contributed by atoms with E-state index in [4.69, 9.17) is 16.2 Å². The molecule has 16 heavy (non-hydrogen) atoms. The van der Waals surface area contributed by atoms with Crippen LogP contribution in [0.4, 0.5) is 11.6 Å². The Labute approximate surface area is 94.6 Å². The standard InChI is InChI=1S/C10H17N5O/c1-16-8-2-7(4-11)15(5-8)10-3-9(12)13-6-14-10/h3,6-8H,2,4-5,11H2,1H3,(H2,12,13,14)/t7-,8-/m1/s1. The minimum Gasteiger partial charge on any atom is -0.384 e. The molecule has 6 heteroatoms. The Morgan fingerprint density at radius 3 is 3.00 bits per heavy atom. The van der Waals surface area contributed by atoms with E-state index in [1.54, 1.807) is 13.2 Å². The maximum absolute atomic E-state index is 5.74.